The highest BCUT2D eigenvalue weighted by Crippen LogP contribution is 2.29. The van der Waals surface area contributed by atoms with Gasteiger partial charge in [0.1, 0.15) is 5.52 Å². The Hall–Kier alpha value is -3.75. The molecule has 0 spiro atoms. The standard InChI is InChI=1S/C22H16Cl2N4O4/c1-28(16-8-2-12(3-9-16)21(30)31)27-20(29)17-10-14(24)11-18-19(17)32-22(26-18)25-15-6-4-13(23)5-7-15/h2-11H,1H3,(H,25,26)(H,27,29)(H,30,31). The summed E-state index contributed by atoms with van der Waals surface area (Å²) in [5.74, 6) is -1.51. The number of rotatable bonds is 6. The molecule has 0 saturated heterocycles. The SMILES string of the molecule is CN(NC(=O)c1cc(Cl)cc2nc(Nc3ccc(Cl)cc3)oc12)c1ccc(C(=O)O)cc1. The van der Waals surface area contributed by atoms with Gasteiger partial charge < -0.3 is 14.8 Å². The van der Waals surface area contributed by atoms with Crippen molar-refractivity contribution in [3.63, 3.8) is 0 Å². The van der Waals surface area contributed by atoms with Crippen molar-refractivity contribution in [2.45, 2.75) is 0 Å². The number of anilines is 3. The van der Waals surface area contributed by atoms with Gasteiger partial charge in [0, 0.05) is 22.8 Å². The summed E-state index contributed by atoms with van der Waals surface area (Å²) in [6.45, 7) is 0. The lowest BCUT2D eigenvalue weighted by Crippen LogP contribution is -2.39. The highest BCUT2D eigenvalue weighted by Gasteiger charge is 2.19. The van der Waals surface area contributed by atoms with Gasteiger partial charge in [-0.05, 0) is 60.7 Å². The number of carboxylic acid groups (broad SMARTS) is 1. The molecule has 3 aromatic carbocycles. The van der Waals surface area contributed by atoms with Crippen molar-refractivity contribution in [1.29, 1.82) is 0 Å². The van der Waals surface area contributed by atoms with E-state index in [-0.39, 0.29) is 22.7 Å². The third-order valence-corrected chi connectivity index (χ3v) is 5.04. The van der Waals surface area contributed by atoms with Gasteiger partial charge in [-0.15, -0.1) is 0 Å². The van der Waals surface area contributed by atoms with E-state index >= 15 is 0 Å². The summed E-state index contributed by atoms with van der Waals surface area (Å²) in [4.78, 5) is 28.3. The molecule has 0 saturated carbocycles. The van der Waals surface area contributed by atoms with Crippen LogP contribution < -0.4 is 15.8 Å². The largest absolute Gasteiger partial charge is 0.478 e. The maximum Gasteiger partial charge on any atom is 0.335 e. The Balaban J connectivity index is 1.58. The topological polar surface area (TPSA) is 108 Å². The number of oxazole rings is 1. The predicted molar refractivity (Wildman–Crippen MR) is 123 cm³/mol. The molecule has 0 fully saturated rings. The van der Waals surface area contributed by atoms with E-state index in [1.54, 1.807) is 49.5 Å². The smallest absolute Gasteiger partial charge is 0.335 e. The van der Waals surface area contributed by atoms with Crippen molar-refractivity contribution in [2.75, 3.05) is 17.4 Å². The number of benzene rings is 3. The highest BCUT2D eigenvalue weighted by molar-refractivity contribution is 6.32. The lowest BCUT2D eigenvalue weighted by Gasteiger charge is -2.20. The van der Waals surface area contributed by atoms with Gasteiger partial charge in [0.05, 0.1) is 16.8 Å². The number of hydrogen-bond donors (Lipinski definition) is 3. The summed E-state index contributed by atoms with van der Waals surface area (Å²) in [6, 6.07) is 16.3. The highest BCUT2D eigenvalue weighted by atomic mass is 35.5. The van der Waals surface area contributed by atoms with Crippen LogP contribution in [0.25, 0.3) is 11.1 Å². The van der Waals surface area contributed by atoms with E-state index in [0.29, 0.717) is 26.9 Å². The first-order valence-corrected chi connectivity index (χ1v) is 10.1. The van der Waals surface area contributed by atoms with Crippen molar-refractivity contribution < 1.29 is 19.1 Å². The average Bonchev–Trinajstić information content (AvgIpc) is 3.16. The van der Waals surface area contributed by atoms with Gasteiger partial charge in [-0.25, -0.2) is 4.79 Å². The Morgan fingerprint density at radius 2 is 1.69 bits per heavy atom. The van der Waals surface area contributed by atoms with Gasteiger partial charge in [-0.1, -0.05) is 23.2 Å². The molecule has 0 unspecified atom stereocenters. The second kappa shape index (κ2) is 8.78. The number of fused-ring (bicyclic) bond motifs is 1. The van der Waals surface area contributed by atoms with Crippen LogP contribution in [0.3, 0.4) is 0 Å². The average molecular weight is 471 g/mol. The molecule has 10 heteroatoms. The maximum atomic E-state index is 12.9. The minimum absolute atomic E-state index is 0.146. The molecule has 8 nitrogen and oxygen atoms in total. The Morgan fingerprint density at radius 1 is 1.00 bits per heavy atom. The molecule has 32 heavy (non-hydrogen) atoms. The van der Waals surface area contributed by atoms with Crippen LogP contribution in [0.2, 0.25) is 10.0 Å². The van der Waals surface area contributed by atoms with E-state index in [0.717, 1.165) is 0 Å². The van der Waals surface area contributed by atoms with Crippen molar-refractivity contribution in [3.05, 3.63) is 81.8 Å². The van der Waals surface area contributed by atoms with Crippen molar-refractivity contribution in [3.8, 4) is 0 Å². The number of carbonyl (C=O) groups excluding carboxylic acids is 1. The number of nitrogens with one attached hydrogen (secondary N) is 2. The Kier molecular flexibility index (Phi) is 5.89. The van der Waals surface area contributed by atoms with Gasteiger partial charge in [0.2, 0.25) is 0 Å². The van der Waals surface area contributed by atoms with Crippen molar-refractivity contribution >= 4 is 63.6 Å². The minimum atomic E-state index is -1.03. The minimum Gasteiger partial charge on any atom is -0.478 e. The zero-order valence-corrected chi connectivity index (χ0v) is 18.1. The van der Waals surface area contributed by atoms with Gasteiger partial charge in [0.25, 0.3) is 11.9 Å². The third kappa shape index (κ3) is 4.61. The molecule has 1 amide bonds. The summed E-state index contributed by atoms with van der Waals surface area (Å²) in [5, 5.41) is 14.4. The number of aromatic nitrogens is 1. The Labute approximate surface area is 192 Å². The Bertz CT molecular complexity index is 1300. The van der Waals surface area contributed by atoms with E-state index < -0.39 is 11.9 Å². The monoisotopic (exact) mass is 470 g/mol. The maximum absolute atomic E-state index is 12.9. The van der Waals surface area contributed by atoms with E-state index in [4.69, 9.17) is 32.7 Å². The van der Waals surface area contributed by atoms with Crippen LogP contribution in [0.15, 0.2) is 65.1 Å². The lowest BCUT2D eigenvalue weighted by atomic mass is 10.2. The van der Waals surface area contributed by atoms with Crippen LogP contribution in [0, 0.1) is 0 Å². The van der Waals surface area contributed by atoms with E-state index in [1.807, 2.05) is 0 Å². The molecule has 4 aromatic rings. The molecule has 0 aliphatic rings. The fourth-order valence-electron chi connectivity index (χ4n) is 2.98. The van der Waals surface area contributed by atoms with Crippen molar-refractivity contribution in [1.82, 2.24) is 10.4 Å². The molecule has 0 atom stereocenters. The summed E-state index contributed by atoms with van der Waals surface area (Å²) < 4.78 is 5.78. The predicted octanol–water partition coefficient (Wildman–Crippen LogP) is 5.36. The number of carboxylic acids is 1. The fraction of sp³-hybridized carbons (Fsp3) is 0.0455. The third-order valence-electron chi connectivity index (χ3n) is 4.57. The van der Waals surface area contributed by atoms with Crippen LogP contribution >= 0.6 is 23.2 Å². The number of hydrogen-bond acceptors (Lipinski definition) is 6. The first kappa shape index (κ1) is 21.5. The van der Waals surface area contributed by atoms with Gasteiger partial charge in [-0.3, -0.25) is 15.2 Å². The normalized spacial score (nSPS) is 10.7. The molecular formula is C22H16Cl2N4O4. The lowest BCUT2D eigenvalue weighted by molar-refractivity contribution is 0.0696. The number of hydrazine groups is 1. The molecule has 0 aliphatic heterocycles. The van der Waals surface area contributed by atoms with Crippen molar-refractivity contribution in [2.24, 2.45) is 0 Å². The molecule has 3 N–H and O–H groups in total. The number of carbonyl (C=O) groups is 2. The number of nitrogens with zero attached hydrogens (tertiary/aromatic N) is 2. The van der Waals surface area contributed by atoms with Gasteiger partial charge in [-0.2, -0.15) is 4.98 Å². The van der Waals surface area contributed by atoms with Crippen LogP contribution in [0.4, 0.5) is 17.4 Å². The fourth-order valence-corrected chi connectivity index (χ4v) is 3.32. The summed E-state index contributed by atoms with van der Waals surface area (Å²) in [7, 11) is 1.63. The first-order valence-electron chi connectivity index (χ1n) is 9.31. The second-order valence-electron chi connectivity index (χ2n) is 6.80. The first-order chi connectivity index (χ1) is 15.3. The molecule has 0 bridgehead atoms. The molecule has 0 radical (unpaired) electrons. The van der Waals surface area contributed by atoms with Gasteiger partial charge >= 0.3 is 5.97 Å². The van der Waals surface area contributed by atoms with E-state index in [9.17, 15) is 9.59 Å². The quantitative estimate of drug-likeness (QED) is 0.325. The molecule has 162 valence electrons. The van der Waals surface area contributed by atoms with E-state index in [2.05, 4.69) is 15.7 Å². The summed E-state index contributed by atoms with van der Waals surface area (Å²) in [5.41, 5.74) is 5.02. The van der Waals surface area contributed by atoms with Gasteiger partial charge in [0.15, 0.2) is 5.58 Å². The second-order valence-corrected chi connectivity index (χ2v) is 7.68. The van der Waals surface area contributed by atoms with Crippen LogP contribution in [-0.2, 0) is 0 Å². The molecule has 4 rings (SSSR count). The Morgan fingerprint density at radius 3 is 2.34 bits per heavy atom. The van der Waals surface area contributed by atoms with Crippen LogP contribution in [-0.4, -0.2) is 29.0 Å². The zero-order chi connectivity index (χ0) is 22.8. The number of amides is 1. The zero-order valence-electron chi connectivity index (χ0n) is 16.6. The number of halogens is 2. The number of aromatic carboxylic acids is 1. The molecular weight excluding hydrogens is 455 g/mol. The molecule has 1 heterocycles. The molecule has 1 aromatic heterocycles. The van der Waals surface area contributed by atoms with E-state index in [1.165, 1.54) is 23.2 Å². The molecule has 0 aliphatic carbocycles. The van der Waals surface area contributed by atoms with Crippen LogP contribution in [0.5, 0.6) is 0 Å². The summed E-state index contributed by atoms with van der Waals surface area (Å²) >= 11 is 12.1. The van der Waals surface area contributed by atoms with Crippen LogP contribution in [0.1, 0.15) is 20.7 Å². The summed E-state index contributed by atoms with van der Waals surface area (Å²) in [6.07, 6.45) is 0.